The van der Waals surface area contributed by atoms with Crippen molar-refractivity contribution in [1.29, 1.82) is 0 Å². The van der Waals surface area contributed by atoms with Gasteiger partial charge >= 0.3 is 0 Å². The van der Waals surface area contributed by atoms with Crippen LogP contribution in [0.25, 0.3) is 64.9 Å². The number of benzene rings is 6. The molecule has 212 valence electrons. The number of aromatic nitrogens is 1. The zero-order valence-corrected chi connectivity index (χ0v) is 25.6. The van der Waals surface area contributed by atoms with Crippen LogP contribution in [0.15, 0.2) is 84.9 Å². The van der Waals surface area contributed by atoms with Gasteiger partial charge in [0.15, 0.2) is 0 Å². The summed E-state index contributed by atoms with van der Waals surface area (Å²) in [6, 6.07) is 32.6. The van der Waals surface area contributed by atoms with Crippen LogP contribution in [0.3, 0.4) is 0 Å². The SMILES string of the molecule is CCCCCCc1cc2c3cc(CCCCCC)c4ccc5ccccc5c4c3n(C)c2c2c1ccc1ccccc12. The lowest BCUT2D eigenvalue weighted by molar-refractivity contribution is 0.668. The van der Waals surface area contributed by atoms with Crippen LogP contribution in [0.5, 0.6) is 0 Å². The van der Waals surface area contributed by atoms with Gasteiger partial charge in [-0.2, -0.15) is 0 Å². The van der Waals surface area contributed by atoms with Crippen LogP contribution >= 0.6 is 0 Å². The van der Waals surface area contributed by atoms with Crippen molar-refractivity contribution in [2.24, 2.45) is 7.05 Å². The summed E-state index contributed by atoms with van der Waals surface area (Å²) in [5.74, 6) is 0. The number of fused-ring (bicyclic) bond motifs is 11. The molecule has 42 heavy (non-hydrogen) atoms. The van der Waals surface area contributed by atoms with Crippen LogP contribution < -0.4 is 0 Å². The second kappa shape index (κ2) is 11.4. The maximum Gasteiger partial charge on any atom is 0.0575 e. The third-order valence-electron chi connectivity index (χ3n) is 9.73. The summed E-state index contributed by atoms with van der Waals surface area (Å²) in [7, 11) is 2.31. The lowest BCUT2D eigenvalue weighted by atomic mass is 9.91. The molecule has 0 atom stereocenters. The minimum Gasteiger partial charge on any atom is -0.343 e. The lowest BCUT2D eigenvalue weighted by Crippen LogP contribution is -1.95. The number of aryl methyl sites for hydroxylation is 3. The van der Waals surface area contributed by atoms with Crippen molar-refractivity contribution in [3.05, 3.63) is 96.1 Å². The highest BCUT2D eigenvalue weighted by molar-refractivity contribution is 6.31. The molecule has 0 spiro atoms. The van der Waals surface area contributed by atoms with Crippen LogP contribution in [0, 0.1) is 0 Å². The predicted octanol–water partition coefficient (Wildman–Crippen LogP) is 12.2. The van der Waals surface area contributed by atoms with E-state index in [9.17, 15) is 0 Å². The van der Waals surface area contributed by atoms with E-state index >= 15 is 0 Å². The monoisotopic (exact) mass is 549 g/mol. The van der Waals surface area contributed by atoms with E-state index in [1.807, 2.05) is 0 Å². The number of hydrogen-bond donors (Lipinski definition) is 0. The Kier molecular flexibility index (Phi) is 7.36. The van der Waals surface area contributed by atoms with Gasteiger partial charge in [-0.1, -0.05) is 125 Å². The minimum absolute atomic E-state index is 1.14. The standard InChI is InChI=1S/C41H43N/c1-4-6-8-10-18-30-26-36-37-27-31(19-11-9-7-5-2)35-25-23-29-17-13-15-21-33(29)39(35)41(37)42(3)40(36)38-32-20-14-12-16-28(32)22-24-34(30)38/h12-17,20-27H,4-11,18-19H2,1-3H3. The molecule has 1 heteroatoms. The fourth-order valence-electron chi connectivity index (χ4n) is 7.62. The summed E-state index contributed by atoms with van der Waals surface area (Å²) in [6.07, 6.45) is 12.6. The second-order valence-corrected chi connectivity index (χ2v) is 12.5. The van der Waals surface area contributed by atoms with Crippen molar-refractivity contribution >= 4 is 64.9 Å². The number of hydrogen-bond acceptors (Lipinski definition) is 0. The van der Waals surface area contributed by atoms with Gasteiger partial charge in [0.05, 0.1) is 11.0 Å². The van der Waals surface area contributed by atoms with Gasteiger partial charge in [0.1, 0.15) is 0 Å². The number of unbranched alkanes of at least 4 members (excludes halogenated alkanes) is 6. The Bertz CT molecular complexity index is 1920. The molecule has 0 amide bonds. The fraction of sp³-hybridized carbons (Fsp3) is 0.317. The molecule has 7 rings (SSSR count). The highest BCUT2D eigenvalue weighted by Crippen LogP contribution is 2.44. The molecule has 1 nitrogen and oxygen atoms in total. The van der Waals surface area contributed by atoms with Crippen molar-refractivity contribution < 1.29 is 0 Å². The predicted molar refractivity (Wildman–Crippen MR) is 186 cm³/mol. The van der Waals surface area contributed by atoms with Gasteiger partial charge in [0.25, 0.3) is 0 Å². The van der Waals surface area contributed by atoms with Gasteiger partial charge in [0, 0.05) is 28.6 Å². The van der Waals surface area contributed by atoms with Gasteiger partial charge < -0.3 is 4.57 Å². The number of nitrogens with zero attached hydrogens (tertiary/aromatic N) is 1. The van der Waals surface area contributed by atoms with E-state index in [1.54, 1.807) is 0 Å². The van der Waals surface area contributed by atoms with Crippen LogP contribution in [0.1, 0.15) is 76.3 Å². The van der Waals surface area contributed by atoms with Gasteiger partial charge in [-0.3, -0.25) is 0 Å². The molecule has 1 aromatic heterocycles. The molecule has 0 radical (unpaired) electrons. The Labute approximate surface area is 250 Å². The quantitative estimate of drug-likeness (QED) is 0.118. The van der Waals surface area contributed by atoms with Gasteiger partial charge in [-0.05, 0) is 81.3 Å². The molecule has 0 fully saturated rings. The Hall–Kier alpha value is -3.84. The topological polar surface area (TPSA) is 4.93 Å². The molecule has 6 aromatic carbocycles. The number of rotatable bonds is 10. The molecular weight excluding hydrogens is 506 g/mol. The maximum atomic E-state index is 2.57. The zero-order chi connectivity index (χ0) is 28.6. The second-order valence-electron chi connectivity index (χ2n) is 12.5. The van der Waals surface area contributed by atoms with E-state index in [-0.39, 0.29) is 0 Å². The van der Waals surface area contributed by atoms with Crippen LogP contribution in [0.2, 0.25) is 0 Å². The van der Waals surface area contributed by atoms with E-state index < -0.39 is 0 Å². The summed E-state index contributed by atoms with van der Waals surface area (Å²) in [6.45, 7) is 4.61. The normalized spacial score (nSPS) is 12.2. The third kappa shape index (κ3) is 4.46. The highest BCUT2D eigenvalue weighted by Gasteiger charge is 2.20. The Morgan fingerprint density at radius 3 is 1.36 bits per heavy atom. The van der Waals surface area contributed by atoms with Crippen molar-refractivity contribution in [1.82, 2.24) is 4.57 Å². The van der Waals surface area contributed by atoms with Crippen molar-refractivity contribution in [2.75, 3.05) is 0 Å². The first kappa shape index (κ1) is 27.0. The Morgan fingerprint density at radius 2 is 0.905 bits per heavy atom. The first-order valence-corrected chi connectivity index (χ1v) is 16.4. The van der Waals surface area contributed by atoms with Crippen LogP contribution in [-0.4, -0.2) is 4.57 Å². The first-order valence-electron chi connectivity index (χ1n) is 16.4. The van der Waals surface area contributed by atoms with Gasteiger partial charge in [0.2, 0.25) is 0 Å². The Balaban J connectivity index is 1.61. The van der Waals surface area contributed by atoms with Gasteiger partial charge in [-0.25, -0.2) is 0 Å². The molecule has 0 aliphatic heterocycles. The lowest BCUT2D eigenvalue weighted by Gasteiger charge is -2.13. The zero-order valence-electron chi connectivity index (χ0n) is 25.6. The smallest absolute Gasteiger partial charge is 0.0575 e. The minimum atomic E-state index is 1.14. The third-order valence-corrected chi connectivity index (χ3v) is 9.73. The molecule has 7 aromatic rings. The van der Waals surface area contributed by atoms with E-state index in [0.29, 0.717) is 0 Å². The van der Waals surface area contributed by atoms with E-state index in [2.05, 4.69) is 110 Å². The molecule has 0 unspecified atom stereocenters. The average molecular weight is 550 g/mol. The summed E-state index contributed by atoms with van der Waals surface area (Å²) in [5.41, 5.74) is 5.78. The molecule has 0 N–H and O–H groups in total. The van der Waals surface area contributed by atoms with Crippen LogP contribution in [-0.2, 0) is 19.9 Å². The average Bonchev–Trinajstić information content (AvgIpc) is 3.31. The molecule has 0 saturated carbocycles. The maximum absolute atomic E-state index is 2.57. The summed E-state index contributed by atoms with van der Waals surface area (Å²) in [4.78, 5) is 0. The van der Waals surface area contributed by atoms with Crippen molar-refractivity contribution in [2.45, 2.75) is 78.1 Å². The largest absolute Gasteiger partial charge is 0.343 e. The van der Waals surface area contributed by atoms with Crippen molar-refractivity contribution in [3.63, 3.8) is 0 Å². The Morgan fingerprint density at radius 1 is 0.452 bits per heavy atom. The van der Waals surface area contributed by atoms with Crippen molar-refractivity contribution in [3.8, 4) is 0 Å². The molecule has 1 heterocycles. The fourth-order valence-corrected chi connectivity index (χ4v) is 7.62. The molecular formula is C41H43N. The first-order chi connectivity index (χ1) is 20.7. The summed E-state index contributed by atoms with van der Waals surface area (Å²) >= 11 is 0. The van der Waals surface area contributed by atoms with Crippen LogP contribution in [0.4, 0.5) is 0 Å². The molecule has 0 saturated heterocycles. The summed E-state index contributed by atoms with van der Waals surface area (Å²) in [5, 5.41) is 13.9. The molecule has 0 bridgehead atoms. The van der Waals surface area contributed by atoms with Gasteiger partial charge in [-0.15, -0.1) is 0 Å². The van der Waals surface area contributed by atoms with E-state index in [4.69, 9.17) is 0 Å². The highest BCUT2D eigenvalue weighted by atomic mass is 14.9. The van der Waals surface area contributed by atoms with E-state index in [1.165, 1.54) is 127 Å². The molecule has 0 aliphatic rings. The summed E-state index contributed by atoms with van der Waals surface area (Å²) < 4.78 is 2.54. The van der Waals surface area contributed by atoms with E-state index in [0.717, 1.165) is 12.8 Å². The molecule has 0 aliphatic carbocycles.